The molecule has 4 nitrogen and oxygen atoms in total. The van der Waals surface area contributed by atoms with Gasteiger partial charge in [-0.2, -0.15) is 0 Å². The first-order valence-corrected chi connectivity index (χ1v) is 9.16. The van der Waals surface area contributed by atoms with E-state index in [1.165, 1.54) is 4.31 Å². The molecule has 0 radical (unpaired) electrons. The van der Waals surface area contributed by atoms with Gasteiger partial charge in [0.05, 0.1) is 12.3 Å². The van der Waals surface area contributed by atoms with E-state index in [1.54, 1.807) is 20.8 Å². The van der Waals surface area contributed by atoms with Crippen molar-refractivity contribution in [2.24, 2.45) is 11.3 Å². The van der Waals surface area contributed by atoms with E-state index < -0.39 is 17.4 Å². The molecule has 2 unspecified atom stereocenters. The Balaban J connectivity index is 3.22. The fourth-order valence-electron chi connectivity index (χ4n) is 2.45. The molecule has 0 saturated heterocycles. The Morgan fingerprint density at radius 1 is 1.20 bits per heavy atom. The Morgan fingerprint density at radius 2 is 1.72 bits per heavy atom. The minimum Gasteiger partial charge on any atom is -0.464 e. The van der Waals surface area contributed by atoms with Crippen LogP contribution in [0, 0.1) is 25.2 Å². The molecule has 5 heteroatoms. The molecule has 140 valence electrons. The van der Waals surface area contributed by atoms with E-state index in [0.29, 0.717) is 6.61 Å². The topological polar surface area (TPSA) is 46.6 Å². The highest BCUT2D eigenvalue weighted by Crippen LogP contribution is 2.31. The summed E-state index contributed by atoms with van der Waals surface area (Å²) < 4.78 is 6.91. The third-order valence-corrected chi connectivity index (χ3v) is 4.76. The van der Waals surface area contributed by atoms with Gasteiger partial charge < -0.3 is 4.74 Å². The lowest BCUT2D eigenvalue weighted by molar-refractivity contribution is -0.150. The molecule has 0 fully saturated rings. The number of thiol groups is 1. The third-order valence-electron chi connectivity index (χ3n) is 4.33. The standard InChI is InChI=1S/C20H31NO3S/c1-8-13(2)12-24-19(23)17(18(22)20(5,6)7)21(25)16-14(3)10-9-11-15(16)4/h9-11,13,17,25H,8,12H2,1-7H3. The molecule has 1 aromatic rings. The van der Waals surface area contributed by atoms with Gasteiger partial charge in [0.1, 0.15) is 0 Å². The molecule has 0 aliphatic heterocycles. The maximum atomic E-state index is 13.0. The summed E-state index contributed by atoms with van der Waals surface area (Å²) in [7, 11) is 0. The zero-order valence-electron chi connectivity index (χ0n) is 16.4. The highest BCUT2D eigenvalue weighted by atomic mass is 32.1. The maximum Gasteiger partial charge on any atom is 0.337 e. The van der Waals surface area contributed by atoms with Gasteiger partial charge >= 0.3 is 5.97 Å². The molecule has 25 heavy (non-hydrogen) atoms. The molecule has 0 aliphatic rings. The van der Waals surface area contributed by atoms with Crippen LogP contribution in [0.3, 0.4) is 0 Å². The summed E-state index contributed by atoms with van der Waals surface area (Å²) in [5, 5.41) is 0. The van der Waals surface area contributed by atoms with Gasteiger partial charge in [0.15, 0.2) is 11.8 Å². The van der Waals surface area contributed by atoms with E-state index in [9.17, 15) is 9.59 Å². The molecule has 2 atom stereocenters. The smallest absolute Gasteiger partial charge is 0.337 e. The van der Waals surface area contributed by atoms with Crippen molar-refractivity contribution in [2.75, 3.05) is 10.9 Å². The number of ether oxygens (including phenoxy) is 1. The molecule has 0 aromatic heterocycles. The summed E-state index contributed by atoms with van der Waals surface area (Å²) >= 11 is 4.54. The Morgan fingerprint density at radius 3 is 2.16 bits per heavy atom. The van der Waals surface area contributed by atoms with Crippen molar-refractivity contribution in [2.45, 2.75) is 60.9 Å². The van der Waals surface area contributed by atoms with E-state index in [4.69, 9.17) is 4.74 Å². The molecule has 1 rings (SSSR count). The van der Waals surface area contributed by atoms with Crippen molar-refractivity contribution in [3.8, 4) is 0 Å². The second kappa shape index (κ2) is 8.75. The van der Waals surface area contributed by atoms with Gasteiger partial charge in [-0.25, -0.2) is 4.79 Å². The summed E-state index contributed by atoms with van der Waals surface area (Å²) in [5.74, 6) is -0.500. The average Bonchev–Trinajstić information content (AvgIpc) is 2.51. The number of rotatable bonds is 7. The molecule has 0 saturated carbocycles. The van der Waals surface area contributed by atoms with Crippen molar-refractivity contribution in [3.05, 3.63) is 29.3 Å². The number of carbonyl (C=O) groups is 2. The van der Waals surface area contributed by atoms with Crippen LogP contribution >= 0.6 is 12.8 Å². The predicted octanol–water partition coefficient (Wildman–Crippen LogP) is 4.53. The zero-order valence-corrected chi connectivity index (χ0v) is 17.3. The summed E-state index contributed by atoms with van der Waals surface area (Å²) in [6, 6.07) is 4.74. The van der Waals surface area contributed by atoms with Crippen molar-refractivity contribution in [3.63, 3.8) is 0 Å². The predicted molar refractivity (Wildman–Crippen MR) is 106 cm³/mol. The molecule has 0 bridgehead atoms. The molecule has 0 heterocycles. The van der Waals surface area contributed by atoms with Crippen molar-refractivity contribution in [1.82, 2.24) is 0 Å². The van der Waals surface area contributed by atoms with Gasteiger partial charge in [0, 0.05) is 5.41 Å². The van der Waals surface area contributed by atoms with E-state index in [1.807, 2.05) is 45.9 Å². The van der Waals surface area contributed by atoms with Crippen LogP contribution < -0.4 is 4.31 Å². The van der Waals surface area contributed by atoms with Gasteiger partial charge in [-0.15, -0.1) is 0 Å². The Bertz CT molecular complexity index is 602. The second-order valence-corrected chi connectivity index (χ2v) is 8.18. The van der Waals surface area contributed by atoms with E-state index in [0.717, 1.165) is 23.2 Å². The Hall–Kier alpha value is -1.49. The number of benzene rings is 1. The second-order valence-electron chi connectivity index (χ2n) is 7.75. The fraction of sp³-hybridized carbons (Fsp3) is 0.600. The van der Waals surface area contributed by atoms with Crippen molar-refractivity contribution >= 4 is 30.3 Å². The highest BCUT2D eigenvalue weighted by molar-refractivity contribution is 7.82. The molecule has 1 aromatic carbocycles. The lowest BCUT2D eigenvalue weighted by atomic mass is 9.86. The maximum absolute atomic E-state index is 13.0. The minimum atomic E-state index is -1.08. The number of esters is 1. The molecular weight excluding hydrogens is 334 g/mol. The van der Waals surface area contributed by atoms with Gasteiger partial charge in [0.25, 0.3) is 0 Å². The summed E-state index contributed by atoms with van der Waals surface area (Å²) in [6.45, 7) is 13.6. The molecule has 0 N–H and O–H groups in total. The highest BCUT2D eigenvalue weighted by Gasteiger charge is 2.40. The quantitative estimate of drug-likeness (QED) is 0.438. The lowest BCUT2D eigenvalue weighted by Crippen LogP contribution is -2.48. The van der Waals surface area contributed by atoms with Crippen LogP contribution in [0.2, 0.25) is 0 Å². The molecule has 0 amide bonds. The van der Waals surface area contributed by atoms with Crippen molar-refractivity contribution in [1.29, 1.82) is 0 Å². The van der Waals surface area contributed by atoms with Gasteiger partial charge in [-0.3, -0.25) is 9.10 Å². The van der Waals surface area contributed by atoms with Crippen LogP contribution in [0.5, 0.6) is 0 Å². The number of hydrogen-bond donors (Lipinski definition) is 1. The van der Waals surface area contributed by atoms with Gasteiger partial charge in [0.2, 0.25) is 0 Å². The number of aryl methyl sites for hydroxylation is 2. The van der Waals surface area contributed by atoms with E-state index >= 15 is 0 Å². The summed E-state index contributed by atoms with van der Waals surface area (Å²) in [5.41, 5.74) is 2.00. The van der Waals surface area contributed by atoms with E-state index in [-0.39, 0.29) is 11.7 Å². The molecular formula is C20H31NO3S. The summed E-state index contributed by atoms with van der Waals surface area (Å²) in [6.07, 6.45) is 0.909. The monoisotopic (exact) mass is 365 g/mol. The molecule has 0 spiro atoms. The van der Waals surface area contributed by atoms with Gasteiger partial charge in [-0.1, -0.05) is 72.1 Å². The Kier molecular flexibility index (Phi) is 7.54. The van der Waals surface area contributed by atoms with Crippen LogP contribution in [0.4, 0.5) is 5.69 Å². The number of para-hydroxylation sites is 1. The molecule has 0 aliphatic carbocycles. The fourth-order valence-corrected chi connectivity index (χ4v) is 2.96. The third kappa shape index (κ3) is 5.50. The van der Waals surface area contributed by atoms with Crippen molar-refractivity contribution < 1.29 is 14.3 Å². The number of carbonyl (C=O) groups excluding carboxylic acids is 2. The van der Waals surface area contributed by atoms with Crippen LogP contribution in [-0.2, 0) is 14.3 Å². The zero-order chi connectivity index (χ0) is 19.4. The first-order chi connectivity index (χ1) is 11.5. The average molecular weight is 366 g/mol. The van der Waals surface area contributed by atoms with E-state index in [2.05, 4.69) is 12.8 Å². The van der Waals surface area contributed by atoms with Gasteiger partial charge in [-0.05, 0) is 30.9 Å². The number of hydrogen-bond acceptors (Lipinski definition) is 5. The van der Waals surface area contributed by atoms with Crippen LogP contribution in [0.15, 0.2) is 18.2 Å². The number of ketones is 1. The number of nitrogens with zero attached hydrogens (tertiary/aromatic N) is 1. The minimum absolute atomic E-state index is 0.209. The van der Waals surface area contributed by atoms with Crippen LogP contribution in [0.1, 0.15) is 52.2 Å². The largest absolute Gasteiger partial charge is 0.464 e. The first kappa shape index (κ1) is 21.6. The number of anilines is 1. The Labute approximate surface area is 157 Å². The van der Waals surface area contributed by atoms with Crippen LogP contribution in [0.25, 0.3) is 0 Å². The van der Waals surface area contributed by atoms with Crippen LogP contribution in [-0.4, -0.2) is 24.4 Å². The lowest BCUT2D eigenvalue weighted by Gasteiger charge is -2.32. The normalized spacial score (nSPS) is 13.9. The SMILES string of the molecule is CCC(C)COC(=O)C(C(=O)C(C)(C)C)N(S)c1c(C)cccc1C. The summed E-state index contributed by atoms with van der Waals surface area (Å²) in [4.78, 5) is 25.7. The first-order valence-electron chi connectivity index (χ1n) is 8.76. The number of Topliss-reactive ketones (excluding diaryl/α,β-unsaturated/α-hetero) is 1.